The minimum atomic E-state index is 0.157. The van der Waals surface area contributed by atoms with Crippen molar-refractivity contribution in [2.75, 3.05) is 32.8 Å². The molecule has 1 unspecified atom stereocenters. The second-order valence-corrected chi connectivity index (χ2v) is 6.18. The van der Waals surface area contributed by atoms with E-state index in [-0.39, 0.29) is 6.10 Å². The molecule has 4 rings (SSSR count). The van der Waals surface area contributed by atoms with Gasteiger partial charge in [-0.25, -0.2) is 0 Å². The molecule has 0 radical (unpaired) electrons. The van der Waals surface area contributed by atoms with Crippen LogP contribution in [0.15, 0.2) is 24.3 Å². The zero-order valence-electron chi connectivity index (χ0n) is 11.8. The lowest BCUT2D eigenvalue weighted by molar-refractivity contribution is 0.0638. The van der Waals surface area contributed by atoms with E-state index in [0.29, 0.717) is 12.6 Å². The Kier molecular flexibility index (Phi) is 3.28. The maximum absolute atomic E-state index is 6.06. The molecule has 4 nitrogen and oxygen atoms in total. The van der Waals surface area contributed by atoms with Gasteiger partial charge < -0.3 is 14.8 Å². The van der Waals surface area contributed by atoms with E-state index in [0.717, 1.165) is 30.5 Å². The Balaban J connectivity index is 1.37. The lowest BCUT2D eigenvalue weighted by atomic mass is 9.94. The average Bonchev–Trinajstić information content (AvgIpc) is 2.89. The van der Waals surface area contributed by atoms with Crippen molar-refractivity contribution >= 4 is 0 Å². The number of piperidine rings is 1. The number of rotatable bonds is 2. The summed E-state index contributed by atoms with van der Waals surface area (Å²) in [5.41, 5.74) is 0. The molecule has 20 heavy (non-hydrogen) atoms. The summed E-state index contributed by atoms with van der Waals surface area (Å²) in [5, 5.41) is 3.65. The van der Waals surface area contributed by atoms with Crippen molar-refractivity contribution < 1.29 is 9.47 Å². The van der Waals surface area contributed by atoms with Gasteiger partial charge in [0.2, 0.25) is 0 Å². The Hall–Kier alpha value is -1.26. The molecule has 0 bridgehead atoms. The van der Waals surface area contributed by atoms with Gasteiger partial charge in [-0.15, -0.1) is 0 Å². The summed E-state index contributed by atoms with van der Waals surface area (Å²) in [6.07, 6.45) is 2.86. The molecule has 1 N–H and O–H groups in total. The van der Waals surface area contributed by atoms with E-state index in [2.05, 4.69) is 10.2 Å². The first-order chi connectivity index (χ1) is 9.88. The molecule has 108 valence electrons. The van der Waals surface area contributed by atoms with E-state index < -0.39 is 0 Å². The summed E-state index contributed by atoms with van der Waals surface area (Å²) < 4.78 is 11.9. The third-order valence-electron chi connectivity index (χ3n) is 4.70. The van der Waals surface area contributed by atoms with Gasteiger partial charge in [-0.05, 0) is 37.4 Å². The highest BCUT2D eigenvalue weighted by Gasteiger charge is 2.35. The first kappa shape index (κ1) is 12.5. The average molecular weight is 274 g/mol. The van der Waals surface area contributed by atoms with Crippen molar-refractivity contribution in [1.82, 2.24) is 10.2 Å². The first-order valence-electron chi connectivity index (χ1n) is 7.73. The highest BCUT2D eigenvalue weighted by molar-refractivity contribution is 5.40. The SMILES string of the molecule is c1ccc2c(c1)OCC(CN1C[C@@H]3CCCN[C@@H]3C1)O2. The zero-order valence-corrected chi connectivity index (χ0v) is 11.8. The molecule has 0 saturated carbocycles. The predicted molar refractivity (Wildman–Crippen MR) is 77.3 cm³/mol. The van der Waals surface area contributed by atoms with Gasteiger partial charge in [-0.2, -0.15) is 0 Å². The summed E-state index contributed by atoms with van der Waals surface area (Å²) in [7, 11) is 0. The van der Waals surface area contributed by atoms with Gasteiger partial charge in [0.25, 0.3) is 0 Å². The smallest absolute Gasteiger partial charge is 0.161 e. The van der Waals surface area contributed by atoms with Crippen molar-refractivity contribution in [3.63, 3.8) is 0 Å². The number of likely N-dealkylation sites (tertiary alicyclic amines) is 1. The highest BCUT2D eigenvalue weighted by Crippen LogP contribution is 2.32. The van der Waals surface area contributed by atoms with E-state index >= 15 is 0 Å². The van der Waals surface area contributed by atoms with E-state index in [1.165, 1.54) is 25.9 Å². The van der Waals surface area contributed by atoms with Crippen LogP contribution in [-0.4, -0.2) is 49.8 Å². The molecule has 3 atom stereocenters. The van der Waals surface area contributed by atoms with Crippen LogP contribution in [0.4, 0.5) is 0 Å². The monoisotopic (exact) mass is 274 g/mol. The Morgan fingerprint density at radius 2 is 2.10 bits per heavy atom. The van der Waals surface area contributed by atoms with Gasteiger partial charge in [-0.3, -0.25) is 4.90 Å². The maximum Gasteiger partial charge on any atom is 0.161 e. The highest BCUT2D eigenvalue weighted by atomic mass is 16.6. The Morgan fingerprint density at radius 3 is 3.00 bits per heavy atom. The van der Waals surface area contributed by atoms with Gasteiger partial charge in [0.05, 0.1) is 0 Å². The lowest BCUT2D eigenvalue weighted by Gasteiger charge is -2.29. The largest absolute Gasteiger partial charge is 0.486 e. The fourth-order valence-corrected chi connectivity index (χ4v) is 3.73. The number of hydrogen-bond donors (Lipinski definition) is 1. The van der Waals surface area contributed by atoms with Gasteiger partial charge in [-0.1, -0.05) is 12.1 Å². The van der Waals surface area contributed by atoms with E-state index in [1.54, 1.807) is 0 Å². The predicted octanol–water partition coefficient (Wildman–Crippen LogP) is 1.51. The van der Waals surface area contributed by atoms with Crippen LogP contribution in [0.25, 0.3) is 0 Å². The molecule has 0 aliphatic carbocycles. The maximum atomic E-state index is 6.06. The number of para-hydroxylation sites is 2. The minimum Gasteiger partial charge on any atom is -0.486 e. The topological polar surface area (TPSA) is 33.7 Å². The fourth-order valence-electron chi connectivity index (χ4n) is 3.73. The van der Waals surface area contributed by atoms with Crippen LogP contribution in [-0.2, 0) is 0 Å². The Morgan fingerprint density at radius 1 is 1.20 bits per heavy atom. The van der Waals surface area contributed by atoms with Crippen molar-refractivity contribution in [3.05, 3.63) is 24.3 Å². The summed E-state index contributed by atoms with van der Waals surface area (Å²) in [4.78, 5) is 2.54. The van der Waals surface area contributed by atoms with Crippen molar-refractivity contribution in [2.45, 2.75) is 25.0 Å². The van der Waals surface area contributed by atoms with Gasteiger partial charge in [0, 0.05) is 25.7 Å². The normalized spacial score (nSPS) is 32.9. The van der Waals surface area contributed by atoms with Gasteiger partial charge in [0.15, 0.2) is 11.5 Å². The van der Waals surface area contributed by atoms with E-state index in [1.807, 2.05) is 24.3 Å². The molecule has 0 amide bonds. The Bertz CT molecular complexity index is 465. The fraction of sp³-hybridized carbons (Fsp3) is 0.625. The van der Waals surface area contributed by atoms with Gasteiger partial charge >= 0.3 is 0 Å². The van der Waals surface area contributed by atoms with E-state index in [4.69, 9.17) is 9.47 Å². The van der Waals surface area contributed by atoms with Crippen molar-refractivity contribution in [1.29, 1.82) is 0 Å². The quantitative estimate of drug-likeness (QED) is 0.886. The molecule has 3 aliphatic heterocycles. The minimum absolute atomic E-state index is 0.157. The molecule has 4 heteroatoms. The second-order valence-electron chi connectivity index (χ2n) is 6.18. The number of ether oxygens (including phenoxy) is 2. The van der Waals surface area contributed by atoms with Crippen LogP contribution < -0.4 is 14.8 Å². The third kappa shape index (κ3) is 2.38. The van der Waals surface area contributed by atoms with Crippen LogP contribution in [0.1, 0.15) is 12.8 Å². The molecular formula is C16H22N2O2. The number of hydrogen-bond acceptors (Lipinski definition) is 4. The molecule has 1 aromatic carbocycles. The summed E-state index contributed by atoms with van der Waals surface area (Å²) in [6.45, 7) is 5.19. The lowest BCUT2D eigenvalue weighted by Crippen LogP contribution is -2.42. The van der Waals surface area contributed by atoms with Crippen molar-refractivity contribution in [2.24, 2.45) is 5.92 Å². The van der Waals surface area contributed by atoms with Crippen LogP contribution in [0, 0.1) is 5.92 Å². The molecule has 0 spiro atoms. The molecule has 0 aromatic heterocycles. The number of benzene rings is 1. The van der Waals surface area contributed by atoms with Crippen LogP contribution in [0.5, 0.6) is 11.5 Å². The molecule has 2 fully saturated rings. The summed E-state index contributed by atoms with van der Waals surface area (Å²) in [6, 6.07) is 8.64. The van der Waals surface area contributed by atoms with Crippen LogP contribution >= 0.6 is 0 Å². The number of nitrogens with one attached hydrogen (secondary N) is 1. The zero-order chi connectivity index (χ0) is 13.4. The van der Waals surface area contributed by atoms with Crippen molar-refractivity contribution in [3.8, 4) is 11.5 Å². The number of fused-ring (bicyclic) bond motifs is 2. The molecule has 3 heterocycles. The molecular weight excluding hydrogens is 252 g/mol. The Labute approximate surface area is 120 Å². The standard InChI is InChI=1S/C16H22N2O2/c1-2-6-16-15(5-1)19-11-13(20-16)9-18-8-12-4-3-7-17-14(12)10-18/h1-2,5-6,12-14,17H,3-4,7-11H2/t12-,13?,14+/m0/s1. The molecule has 2 saturated heterocycles. The summed E-state index contributed by atoms with van der Waals surface area (Å²) in [5.74, 6) is 2.60. The van der Waals surface area contributed by atoms with Crippen LogP contribution in [0.3, 0.4) is 0 Å². The van der Waals surface area contributed by atoms with Gasteiger partial charge in [0.1, 0.15) is 12.7 Å². The third-order valence-corrected chi connectivity index (χ3v) is 4.70. The molecule has 1 aromatic rings. The van der Waals surface area contributed by atoms with Crippen LogP contribution in [0.2, 0.25) is 0 Å². The summed E-state index contributed by atoms with van der Waals surface area (Å²) >= 11 is 0. The second kappa shape index (κ2) is 5.26. The van der Waals surface area contributed by atoms with E-state index in [9.17, 15) is 0 Å². The molecule has 3 aliphatic rings. The number of nitrogens with zero attached hydrogens (tertiary/aromatic N) is 1. The first-order valence-corrected chi connectivity index (χ1v) is 7.73.